The highest BCUT2D eigenvalue weighted by molar-refractivity contribution is 7.99. The number of rotatable bonds is 9. The van der Waals surface area contributed by atoms with Crippen molar-refractivity contribution in [3.63, 3.8) is 0 Å². The van der Waals surface area contributed by atoms with Gasteiger partial charge in [-0.3, -0.25) is 9.59 Å². The third-order valence-electron chi connectivity index (χ3n) is 4.27. The predicted molar refractivity (Wildman–Crippen MR) is 123 cm³/mol. The molecule has 0 aliphatic heterocycles. The van der Waals surface area contributed by atoms with Crippen LogP contribution in [0.5, 0.6) is 0 Å². The molecule has 0 bridgehead atoms. The number of aromatic nitrogens is 3. The lowest BCUT2D eigenvalue weighted by Crippen LogP contribution is -2.25. The van der Waals surface area contributed by atoms with Crippen molar-refractivity contribution in [2.75, 3.05) is 11.1 Å². The molecule has 0 aliphatic carbocycles. The minimum absolute atomic E-state index is 0.135. The van der Waals surface area contributed by atoms with Gasteiger partial charge in [-0.25, -0.2) is 0 Å². The van der Waals surface area contributed by atoms with Crippen LogP contribution in [0.15, 0.2) is 66.3 Å². The molecule has 2 aromatic carbocycles. The summed E-state index contributed by atoms with van der Waals surface area (Å²) >= 11 is 7.32. The maximum absolute atomic E-state index is 12.4. The Bertz CT molecular complexity index is 1100. The fourth-order valence-electron chi connectivity index (χ4n) is 2.80. The topological polar surface area (TPSA) is 88.9 Å². The molecule has 3 rings (SSSR count). The zero-order chi connectivity index (χ0) is 22.2. The second-order valence-corrected chi connectivity index (χ2v) is 8.02. The summed E-state index contributed by atoms with van der Waals surface area (Å²) in [5.41, 5.74) is 2.15. The number of anilines is 1. The molecule has 0 unspecified atom stereocenters. The molecule has 7 nitrogen and oxygen atoms in total. The predicted octanol–water partition coefficient (Wildman–Crippen LogP) is 4.09. The third-order valence-corrected chi connectivity index (χ3v) is 5.57. The molecule has 1 aromatic heterocycles. The van der Waals surface area contributed by atoms with Crippen LogP contribution in [0.3, 0.4) is 0 Å². The Kier molecular flexibility index (Phi) is 7.86. The number of para-hydroxylation sites is 1. The van der Waals surface area contributed by atoms with E-state index >= 15 is 0 Å². The van der Waals surface area contributed by atoms with Crippen molar-refractivity contribution < 1.29 is 9.59 Å². The Morgan fingerprint density at radius 1 is 1.19 bits per heavy atom. The van der Waals surface area contributed by atoms with E-state index in [1.807, 2.05) is 29.7 Å². The molecule has 2 N–H and O–H groups in total. The molecule has 0 aliphatic rings. The number of thioether (sulfide) groups is 1. The minimum atomic E-state index is -0.208. The van der Waals surface area contributed by atoms with E-state index in [2.05, 4.69) is 27.4 Å². The van der Waals surface area contributed by atoms with Crippen molar-refractivity contribution >= 4 is 40.9 Å². The number of allylic oxidation sites excluding steroid dienone is 1. The van der Waals surface area contributed by atoms with Gasteiger partial charge in [-0.15, -0.1) is 16.8 Å². The lowest BCUT2D eigenvalue weighted by atomic mass is 10.1. The zero-order valence-electron chi connectivity index (χ0n) is 17.0. The van der Waals surface area contributed by atoms with Crippen LogP contribution in [-0.4, -0.2) is 32.3 Å². The Hall–Kier alpha value is -3.10. The van der Waals surface area contributed by atoms with Crippen LogP contribution < -0.4 is 10.6 Å². The quantitative estimate of drug-likeness (QED) is 0.375. The van der Waals surface area contributed by atoms with Gasteiger partial charge in [0.1, 0.15) is 0 Å². The molecule has 0 saturated heterocycles. The Morgan fingerprint density at radius 2 is 2.00 bits per heavy atom. The van der Waals surface area contributed by atoms with Crippen molar-refractivity contribution in [3.8, 4) is 0 Å². The standard InChI is InChI=1S/C22H22ClN5O2S/c1-3-11-28-19(13-24-21(30)16-8-6-7-15(2)12-16)26-27-22(28)31-14-20(29)25-18-10-5-4-9-17(18)23/h3-10,12H,1,11,13-14H2,2H3,(H,24,30)(H,25,29). The summed E-state index contributed by atoms with van der Waals surface area (Å²) in [6, 6.07) is 14.4. The molecule has 31 heavy (non-hydrogen) atoms. The number of halogens is 1. The first-order chi connectivity index (χ1) is 15.0. The number of amides is 2. The number of carbonyl (C=O) groups excluding carboxylic acids is 2. The molecular formula is C22H22ClN5O2S. The van der Waals surface area contributed by atoms with Crippen molar-refractivity contribution in [2.45, 2.75) is 25.2 Å². The van der Waals surface area contributed by atoms with E-state index < -0.39 is 0 Å². The molecule has 0 atom stereocenters. The molecule has 9 heteroatoms. The minimum Gasteiger partial charge on any atom is -0.345 e. The van der Waals surface area contributed by atoms with Crippen molar-refractivity contribution in [2.24, 2.45) is 0 Å². The highest BCUT2D eigenvalue weighted by Crippen LogP contribution is 2.22. The molecule has 3 aromatic rings. The Morgan fingerprint density at radius 3 is 2.74 bits per heavy atom. The SMILES string of the molecule is C=CCn1c(CNC(=O)c2cccc(C)c2)nnc1SCC(=O)Nc1ccccc1Cl. The molecule has 0 radical (unpaired) electrons. The van der Waals surface area contributed by atoms with E-state index in [9.17, 15) is 9.59 Å². The largest absolute Gasteiger partial charge is 0.345 e. The molecule has 0 fully saturated rings. The first-order valence-electron chi connectivity index (χ1n) is 9.53. The van der Waals surface area contributed by atoms with Gasteiger partial charge < -0.3 is 15.2 Å². The van der Waals surface area contributed by atoms with Crippen LogP contribution in [0.2, 0.25) is 5.02 Å². The van der Waals surface area contributed by atoms with Gasteiger partial charge in [-0.1, -0.05) is 59.3 Å². The fourth-order valence-corrected chi connectivity index (χ4v) is 3.75. The molecule has 1 heterocycles. The van der Waals surface area contributed by atoms with Gasteiger partial charge in [0.05, 0.1) is 23.0 Å². The van der Waals surface area contributed by atoms with Crippen molar-refractivity contribution in [1.82, 2.24) is 20.1 Å². The molecule has 2 amide bonds. The summed E-state index contributed by atoms with van der Waals surface area (Å²) in [4.78, 5) is 24.7. The maximum Gasteiger partial charge on any atom is 0.251 e. The number of aryl methyl sites for hydroxylation is 1. The van der Waals surface area contributed by atoms with Gasteiger partial charge >= 0.3 is 0 Å². The van der Waals surface area contributed by atoms with Crippen LogP contribution in [0.1, 0.15) is 21.7 Å². The number of nitrogens with one attached hydrogen (secondary N) is 2. The van der Waals surface area contributed by atoms with Crippen molar-refractivity contribution in [3.05, 3.63) is 83.2 Å². The lowest BCUT2D eigenvalue weighted by molar-refractivity contribution is -0.113. The smallest absolute Gasteiger partial charge is 0.251 e. The number of carbonyl (C=O) groups is 2. The van der Waals surface area contributed by atoms with Gasteiger partial charge in [0.25, 0.3) is 5.91 Å². The summed E-state index contributed by atoms with van der Waals surface area (Å²) < 4.78 is 1.82. The van der Waals surface area contributed by atoms with Crippen LogP contribution >= 0.6 is 23.4 Å². The second-order valence-electron chi connectivity index (χ2n) is 6.67. The van der Waals surface area contributed by atoms with Gasteiger partial charge in [-0.2, -0.15) is 0 Å². The van der Waals surface area contributed by atoms with E-state index in [-0.39, 0.29) is 24.1 Å². The average Bonchev–Trinajstić information content (AvgIpc) is 3.14. The lowest BCUT2D eigenvalue weighted by Gasteiger charge is -2.10. The van der Waals surface area contributed by atoms with Gasteiger partial charge in [-0.05, 0) is 31.2 Å². The first kappa shape index (κ1) is 22.6. The number of hydrogen-bond acceptors (Lipinski definition) is 5. The molecular weight excluding hydrogens is 434 g/mol. The highest BCUT2D eigenvalue weighted by atomic mass is 35.5. The normalized spacial score (nSPS) is 10.5. The number of nitrogens with zero attached hydrogens (tertiary/aromatic N) is 3. The van der Waals surface area contributed by atoms with E-state index in [1.165, 1.54) is 11.8 Å². The summed E-state index contributed by atoms with van der Waals surface area (Å²) in [5.74, 6) is 0.316. The zero-order valence-corrected chi connectivity index (χ0v) is 18.5. The summed E-state index contributed by atoms with van der Waals surface area (Å²) in [6.07, 6.45) is 1.71. The number of hydrogen-bond donors (Lipinski definition) is 2. The van der Waals surface area contributed by atoms with E-state index in [0.717, 1.165) is 5.56 Å². The summed E-state index contributed by atoms with van der Waals surface area (Å²) in [7, 11) is 0. The van der Waals surface area contributed by atoms with Gasteiger partial charge in [0.2, 0.25) is 5.91 Å². The highest BCUT2D eigenvalue weighted by Gasteiger charge is 2.15. The van der Waals surface area contributed by atoms with Crippen LogP contribution in [0, 0.1) is 6.92 Å². The fraction of sp³-hybridized carbons (Fsp3) is 0.182. The third kappa shape index (κ3) is 6.19. The molecule has 160 valence electrons. The van der Waals surface area contributed by atoms with Crippen LogP contribution in [0.4, 0.5) is 5.69 Å². The van der Waals surface area contributed by atoms with Gasteiger partial charge in [0, 0.05) is 12.1 Å². The molecule has 0 spiro atoms. The summed E-state index contributed by atoms with van der Waals surface area (Å²) in [6.45, 7) is 6.36. The second kappa shape index (κ2) is 10.8. The van der Waals surface area contributed by atoms with E-state index in [4.69, 9.17) is 11.6 Å². The Labute approximate surface area is 189 Å². The summed E-state index contributed by atoms with van der Waals surface area (Å²) in [5, 5.41) is 15.0. The first-order valence-corrected chi connectivity index (χ1v) is 10.9. The van der Waals surface area contributed by atoms with Gasteiger partial charge in [0.15, 0.2) is 11.0 Å². The monoisotopic (exact) mass is 455 g/mol. The van der Waals surface area contributed by atoms with Crippen LogP contribution in [0.25, 0.3) is 0 Å². The van der Waals surface area contributed by atoms with E-state index in [0.29, 0.717) is 33.8 Å². The van der Waals surface area contributed by atoms with Crippen molar-refractivity contribution in [1.29, 1.82) is 0 Å². The number of benzene rings is 2. The molecule has 0 saturated carbocycles. The maximum atomic E-state index is 12.4. The van der Waals surface area contributed by atoms with Crippen LogP contribution in [-0.2, 0) is 17.9 Å². The van der Waals surface area contributed by atoms with E-state index in [1.54, 1.807) is 36.4 Å². The Balaban J connectivity index is 1.61. The average molecular weight is 456 g/mol.